The monoisotopic (exact) mass is 343 g/mol. The number of methoxy groups -OCH3 is 1. The van der Waals surface area contributed by atoms with Crippen LogP contribution in [0, 0.1) is 18.3 Å². The van der Waals surface area contributed by atoms with E-state index in [1.54, 1.807) is 31.2 Å². The van der Waals surface area contributed by atoms with Gasteiger partial charge in [-0.1, -0.05) is 18.5 Å². The predicted molar refractivity (Wildman–Crippen MR) is 91.5 cm³/mol. The van der Waals surface area contributed by atoms with E-state index >= 15 is 0 Å². The third-order valence-electron chi connectivity index (χ3n) is 3.55. The van der Waals surface area contributed by atoms with Crippen molar-refractivity contribution >= 4 is 11.7 Å². The SMILES string of the molecule is CCCCC(Oc1ccc(C#N)cc1OC)C(=O)Nc1cc(C)on1. The van der Waals surface area contributed by atoms with Crippen LogP contribution in [0.5, 0.6) is 11.5 Å². The van der Waals surface area contributed by atoms with Crippen molar-refractivity contribution in [3.63, 3.8) is 0 Å². The molecule has 25 heavy (non-hydrogen) atoms. The number of hydrogen-bond acceptors (Lipinski definition) is 6. The Kier molecular flexibility index (Phi) is 6.40. The van der Waals surface area contributed by atoms with Crippen molar-refractivity contribution in [2.24, 2.45) is 0 Å². The number of amides is 1. The van der Waals surface area contributed by atoms with Crippen LogP contribution in [0.25, 0.3) is 0 Å². The second-order valence-corrected chi connectivity index (χ2v) is 5.54. The highest BCUT2D eigenvalue weighted by atomic mass is 16.5. The van der Waals surface area contributed by atoms with Crippen LogP contribution in [0.3, 0.4) is 0 Å². The fourth-order valence-electron chi connectivity index (χ4n) is 2.25. The molecule has 7 nitrogen and oxygen atoms in total. The van der Waals surface area contributed by atoms with Gasteiger partial charge in [0.1, 0.15) is 5.76 Å². The number of anilines is 1. The molecule has 2 aromatic rings. The first-order valence-corrected chi connectivity index (χ1v) is 8.06. The zero-order chi connectivity index (χ0) is 18.2. The fourth-order valence-corrected chi connectivity index (χ4v) is 2.25. The number of nitriles is 1. The lowest BCUT2D eigenvalue weighted by Gasteiger charge is -2.19. The normalized spacial score (nSPS) is 11.4. The average Bonchev–Trinajstić information content (AvgIpc) is 3.03. The number of unbranched alkanes of at least 4 members (excludes halogenated alkanes) is 1. The molecular formula is C18H21N3O4. The van der Waals surface area contributed by atoms with E-state index in [0.29, 0.717) is 35.1 Å². The minimum Gasteiger partial charge on any atom is -0.493 e. The Hall–Kier alpha value is -3.01. The highest BCUT2D eigenvalue weighted by molar-refractivity contribution is 5.93. The van der Waals surface area contributed by atoms with Crippen LogP contribution >= 0.6 is 0 Å². The van der Waals surface area contributed by atoms with Gasteiger partial charge in [-0.2, -0.15) is 5.26 Å². The molecule has 2 rings (SSSR count). The lowest BCUT2D eigenvalue weighted by molar-refractivity contribution is -0.123. The van der Waals surface area contributed by atoms with Crippen LogP contribution in [0.2, 0.25) is 0 Å². The van der Waals surface area contributed by atoms with Gasteiger partial charge in [0.25, 0.3) is 5.91 Å². The Morgan fingerprint density at radius 3 is 2.80 bits per heavy atom. The Morgan fingerprint density at radius 1 is 1.40 bits per heavy atom. The summed E-state index contributed by atoms with van der Waals surface area (Å²) >= 11 is 0. The van der Waals surface area contributed by atoms with Crippen molar-refractivity contribution in [1.82, 2.24) is 5.16 Å². The van der Waals surface area contributed by atoms with Crippen molar-refractivity contribution in [3.05, 3.63) is 35.6 Å². The molecule has 0 spiro atoms. The zero-order valence-corrected chi connectivity index (χ0v) is 14.5. The van der Waals surface area contributed by atoms with Crippen LogP contribution in [-0.2, 0) is 4.79 Å². The van der Waals surface area contributed by atoms with Gasteiger partial charge in [0.05, 0.1) is 18.7 Å². The molecule has 0 aliphatic rings. The summed E-state index contributed by atoms with van der Waals surface area (Å²) in [5.41, 5.74) is 0.455. The minimum absolute atomic E-state index is 0.312. The summed E-state index contributed by atoms with van der Waals surface area (Å²) < 4.78 is 16.1. The number of benzene rings is 1. The highest BCUT2D eigenvalue weighted by Gasteiger charge is 2.23. The van der Waals surface area contributed by atoms with Gasteiger partial charge >= 0.3 is 0 Å². The standard InChI is InChI=1S/C18H21N3O4/c1-4-5-6-15(18(22)20-17-9-12(2)25-21-17)24-14-8-7-13(11-19)10-16(14)23-3/h7-10,15H,4-6H2,1-3H3,(H,20,21,22). The minimum atomic E-state index is -0.709. The summed E-state index contributed by atoms with van der Waals surface area (Å²) in [7, 11) is 1.49. The number of ether oxygens (including phenoxy) is 2. The molecule has 1 atom stereocenters. The molecule has 1 aromatic heterocycles. The van der Waals surface area contributed by atoms with Crippen molar-refractivity contribution < 1.29 is 18.8 Å². The summed E-state index contributed by atoms with van der Waals surface area (Å²) in [5, 5.41) is 15.4. The second-order valence-electron chi connectivity index (χ2n) is 5.54. The van der Waals surface area contributed by atoms with Crippen molar-refractivity contribution in [2.75, 3.05) is 12.4 Å². The van der Waals surface area contributed by atoms with E-state index in [1.807, 2.05) is 13.0 Å². The molecule has 1 amide bonds. The number of carbonyl (C=O) groups excluding carboxylic acids is 1. The Morgan fingerprint density at radius 2 is 2.20 bits per heavy atom. The molecule has 0 aliphatic carbocycles. The molecule has 1 heterocycles. The number of aromatic nitrogens is 1. The van der Waals surface area contributed by atoms with Crippen LogP contribution in [0.1, 0.15) is 37.5 Å². The van der Waals surface area contributed by atoms with Gasteiger partial charge in [0, 0.05) is 12.1 Å². The molecule has 1 unspecified atom stereocenters. The Labute approximate surface area is 146 Å². The quantitative estimate of drug-likeness (QED) is 0.788. The largest absolute Gasteiger partial charge is 0.493 e. The zero-order valence-electron chi connectivity index (χ0n) is 14.5. The molecule has 7 heteroatoms. The molecule has 1 N–H and O–H groups in total. The average molecular weight is 343 g/mol. The first kappa shape index (κ1) is 18.3. The third kappa shape index (κ3) is 4.98. The van der Waals surface area contributed by atoms with Crippen molar-refractivity contribution in [1.29, 1.82) is 5.26 Å². The van der Waals surface area contributed by atoms with Crippen LogP contribution in [0.15, 0.2) is 28.8 Å². The first-order chi connectivity index (χ1) is 12.1. The third-order valence-corrected chi connectivity index (χ3v) is 3.55. The Balaban J connectivity index is 2.16. The number of rotatable bonds is 8. The van der Waals surface area contributed by atoms with Crippen LogP contribution in [-0.4, -0.2) is 24.3 Å². The van der Waals surface area contributed by atoms with E-state index in [2.05, 4.69) is 10.5 Å². The molecule has 1 aromatic carbocycles. The van der Waals surface area contributed by atoms with Crippen molar-refractivity contribution in [3.8, 4) is 17.6 Å². The summed E-state index contributed by atoms with van der Waals surface area (Å²) in [4.78, 5) is 12.5. The van der Waals surface area contributed by atoms with E-state index in [9.17, 15) is 4.79 Å². The molecule has 0 bridgehead atoms. The van der Waals surface area contributed by atoms with E-state index < -0.39 is 6.10 Å². The van der Waals surface area contributed by atoms with Crippen LogP contribution in [0.4, 0.5) is 5.82 Å². The molecule has 0 saturated carbocycles. The maximum Gasteiger partial charge on any atom is 0.266 e. The van der Waals surface area contributed by atoms with E-state index in [-0.39, 0.29) is 5.91 Å². The fraction of sp³-hybridized carbons (Fsp3) is 0.389. The van der Waals surface area contributed by atoms with Gasteiger partial charge in [-0.25, -0.2) is 0 Å². The van der Waals surface area contributed by atoms with Gasteiger partial charge in [-0.3, -0.25) is 4.79 Å². The number of hydrogen-bond donors (Lipinski definition) is 1. The van der Waals surface area contributed by atoms with Gasteiger partial charge in [-0.05, 0) is 31.9 Å². The number of nitrogens with one attached hydrogen (secondary N) is 1. The van der Waals surface area contributed by atoms with Gasteiger partial charge in [0.2, 0.25) is 0 Å². The lowest BCUT2D eigenvalue weighted by Crippen LogP contribution is -2.33. The summed E-state index contributed by atoms with van der Waals surface area (Å²) in [6.07, 6.45) is 1.59. The molecular weight excluding hydrogens is 322 g/mol. The summed E-state index contributed by atoms with van der Waals surface area (Å²) in [6, 6.07) is 8.50. The lowest BCUT2D eigenvalue weighted by atomic mass is 10.1. The molecule has 0 radical (unpaired) electrons. The smallest absolute Gasteiger partial charge is 0.266 e. The van der Waals surface area contributed by atoms with Gasteiger partial charge in [0.15, 0.2) is 23.4 Å². The van der Waals surface area contributed by atoms with Crippen LogP contribution < -0.4 is 14.8 Å². The number of nitrogens with zero attached hydrogens (tertiary/aromatic N) is 2. The predicted octanol–water partition coefficient (Wildman–Crippen LogP) is 3.44. The highest BCUT2D eigenvalue weighted by Crippen LogP contribution is 2.29. The van der Waals surface area contributed by atoms with Crippen molar-refractivity contribution in [2.45, 2.75) is 39.2 Å². The van der Waals surface area contributed by atoms with Gasteiger partial charge in [-0.15, -0.1) is 0 Å². The molecule has 0 saturated heterocycles. The van der Waals surface area contributed by atoms with Gasteiger partial charge < -0.3 is 19.3 Å². The Bertz CT molecular complexity index is 764. The maximum absolute atomic E-state index is 12.5. The maximum atomic E-state index is 12.5. The first-order valence-electron chi connectivity index (χ1n) is 8.06. The summed E-state index contributed by atoms with van der Waals surface area (Å²) in [5.74, 6) is 1.46. The van der Waals surface area contributed by atoms with E-state index in [4.69, 9.17) is 19.3 Å². The molecule has 0 fully saturated rings. The molecule has 0 aliphatic heterocycles. The number of aryl methyl sites for hydroxylation is 1. The molecule has 132 valence electrons. The topological polar surface area (TPSA) is 97.4 Å². The van der Waals surface area contributed by atoms with E-state index in [1.165, 1.54) is 7.11 Å². The second kappa shape index (κ2) is 8.73. The summed E-state index contributed by atoms with van der Waals surface area (Å²) in [6.45, 7) is 3.79. The number of carbonyl (C=O) groups is 1. The van der Waals surface area contributed by atoms with E-state index in [0.717, 1.165) is 12.8 Å².